The van der Waals surface area contributed by atoms with E-state index in [9.17, 15) is 19.2 Å². The fourth-order valence-electron chi connectivity index (χ4n) is 7.42. The van der Waals surface area contributed by atoms with Gasteiger partial charge in [-0.1, -0.05) is 0 Å². The molecule has 0 heterocycles. The molecule has 22 nitrogen and oxygen atoms in total. The molecule has 0 saturated heterocycles. The minimum Gasteiger partial charge on any atom is -0.355 e. The molecule has 0 fully saturated rings. The van der Waals surface area contributed by atoms with E-state index in [1.54, 1.807) is 9.80 Å². The number of amides is 4. The quantitative estimate of drug-likeness (QED) is 0.0268. The lowest BCUT2D eigenvalue weighted by Gasteiger charge is -2.26. The van der Waals surface area contributed by atoms with Crippen molar-refractivity contribution < 1.29 is 19.2 Å². The Morgan fingerprint density at radius 3 is 0.583 bits per heavy atom. The highest BCUT2D eigenvalue weighted by Gasteiger charge is 2.19. The summed E-state index contributed by atoms with van der Waals surface area (Å²) in [5.74, 6) is -0.694. The molecular weight excluding hydrogens is 917 g/mol. The molecule has 4 amide bonds. The highest BCUT2D eigenvalue weighted by Crippen LogP contribution is 1.97. The molecule has 0 unspecified atom stereocenters. The first kappa shape index (κ1) is 69.3. The number of carbonyl (C=O) groups is 4. The Hall–Kier alpha value is -2.68. The molecule has 0 aromatic heterocycles. The molecule has 0 bridgehead atoms. The molecule has 426 valence electrons. The highest BCUT2D eigenvalue weighted by atomic mass is 16.2. The van der Waals surface area contributed by atoms with Crippen molar-refractivity contribution in [3.63, 3.8) is 0 Å². The molecule has 0 atom stereocenters. The Morgan fingerprint density at radius 2 is 0.403 bits per heavy atom. The number of unbranched alkanes of at least 4 members (excludes halogenated alkanes) is 4. The van der Waals surface area contributed by atoms with E-state index < -0.39 is 0 Å². The van der Waals surface area contributed by atoms with Crippen molar-refractivity contribution in [1.82, 2.24) is 73.6 Å². The van der Waals surface area contributed by atoms with Crippen LogP contribution in [-0.4, -0.2) is 230 Å². The minimum absolute atomic E-state index is 0.0163. The zero-order chi connectivity index (χ0) is 52.5. The average Bonchev–Trinajstić information content (AvgIpc) is 3.36. The van der Waals surface area contributed by atoms with Crippen LogP contribution in [0, 0.1) is 0 Å². The monoisotopic (exact) mass is 1030 g/mol. The third-order valence-electron chi connectivity index (χ3n) is 11.7. The molecule has 0 aliphatic rings. The number of rotatable bonds is 59. The van der Waals surface area contributed by atoms with Crippen LogP contribution in [0.3, 0.4) is 0 Å². The second kappa shape index (κ2) is 57.6. The molecule has 0 aromatic rings. The first-order valence-corrected chi connectivity index (χ1v) is 28.3. The number of hydrogen-bond donors (Lipinski definition) is 16. The van der Waals surface area contributed by atoms with Crippen molar-refractivity contribution in [3.8, 4) is 0 Å². The minimum atomic E-state index is -0.173. The van der Waals surface area contributed by atoms with Crippen molar-refractivity contribution in [1.29, 1.82) is 0 Å². The fraction of sp³-hybridized carbons (Fsp3) is 0.920. The van der Waals surface area contributed by atoms with Gasteiger partial charge in [-0.3, -0.25) is 29.0 Å². The first-order chi connectivity index (χ1) is 35.4. The highest BCUT2D eigenvalue weighted by molar-refractivity contribution is 5.82. The van der Waals surface area contributed by atoms with Gasteiger partial charge in [0.1, 0.15) is 0 Å². The van der Waals surface area contributed by atoms with Gasteiger partial charge in [0.15, 0.2) is 0 Å². The number of nitrogens with two attached hydrogens (primary N) is 4. The van der Waals surface area contributed by atoms with Gasteiger partial charge in [0.25, 0.3) is 0 Å². The molecule has 0 radical (unpaired) electrons. The van der Waals surface area contributed by atoms with Gasteiger partial charge in [-0.15, -0.1) is 0 Å². The van der Waals surface area contributed by atoms with Gasteiger partial charge in [0, 0.05) is 39.3 Å². The summed E-state index contributed by atoms with van der Waals surface area (Å²) in [6.07, 6.45) is 15.8. The molecule has 0 saturated carbocycles. The van der Waals surface area contributed by atoms with Crippen molar-refractivity contribution in [2.75, 3.05) is 196 Å². The predicted molar refractivity (Wildman–Crippen MR) is 298 cm³/mol. The van der Waals surface area contributed by atoms with Crippen molar-refractivity contribution >= 4 is 23.6 Å². The molecule has 0 aliphatic heterocycles. The van der Waals surface area contributed by atoms with E-state index in [2.05, 4.69) is 63.8 Å². The maximum Gasteiger partial charge on any atom is 0.234 e. The lowest BCUT2D eigenvalue weighted by atomic mass is 10.3. The molecule has 72 heavy (non-hydrogen) atoms. The van der Waals surface area contributed by atoms with E-state index in [4.69, 9.17) is 22.9 Å². The Balaban J connectivity index is 5.27. The third kappa shape index (κ3) is 53.6. The first-order valence-electron chi connectivity index (χ1n) is 28.3. The zero-order valence-corrected chi connectivity index (χ0v) is 45.4. The molecule has 0 spiro atoms. The molecular formula is C50H112N18O4. The average molecular weight is 1030 g/mol. The summed E-state index contributed by atoms with van der Waals surface area (Å²) in [7, 11) is 0. The Bertz CT molecular complexity index is 1030. The summed E-state index contributed by atoms with van der Waals surface area (Å²) in [5, 5.41) is 39.5. The summed E-state index contributed by atoms with van der Waals surface area (Å²) in [6.45, 7) is 20.2. The van der Waals surface area contributed by atoms with Crippen LogP contribution in [0.15, 0.2) is 0 Å². The maximum atomic E-state index is 13.3. The lowest BCUT2D eigenvalue weighted by molar-refractivity contribution is -0.128. The van der Waals surface area contributed by atoms with Crippen LogP contribution in [0.1, 0.15) is 103 Å². The predicted octanol–water partition coefficient (Wildman–Crippen LogP) is -3.15. The number of carbonyl (C=O) groups excluding carboxylic acids is 4. The van der Waals surface area contributed by atoms with E-state index in [1.807, 2.05) is 0 Å². The topological polar surface area (TPSA) is 323 Å². The third-order valence-corrected chi connectivity index (χ3v) is 11.7. The van der Waals surface area contributed by atoms with Crippen LogP contribution in [-0.2, 0) is 19.2 Å². The van der Waals surface area contributed by atoms with Crippen molar-refractivity contribution in [3.05, 3.63) is 0 Å². The van der Waals surface area contributed by atoms with Gasteiger partial charge < -0.3 is 86.7 Å². The molecule has 22 heteroatoms. The smallest absolute Gasteiger partial charge is 0.234 e. The van der Waals surface area contributed by atoms with Crippen molar-refractivity contribution in [2.24, 2.45) is 22.9 Å². The van der Waals surface area contributed by atoms with Crippen molar-refractivity contribution in [2.45, 2.75) is 103 Å². The summed E-state index contributed by atoms with van der Waals surface area (Å²) >= 11 is 0. The Kier molecular flexibility index (Phi) is 55.5. The zero-order valence-electron chi connectivity index (χ0n) is 45.4. The van der Waals surface area contributed by atoms with Gasteiger partial charge in [0.05, 0.1) is 26.2 Å². The summed E-state index contributed by atoms with van der Waals surface area (Å²) in [4.78, 5) is 56.7. The van der Waals surface area contributed by atoms with Gasteiger partial charge >= 0.3 is 0 Å². The molecule has 0 aliphatic carbocycles. The standard InChI is InChI=1S/C50H112N18O4/c51-17-9-29-55-21-1-5-25-59-33-13-37-63-47(69)43-67(44-48(70)64-38-14-34-60-26-6-2-22-56-30-10-18-52)41-42-68(45-49(71)65-39-15-35-61-27-7-3-23-57-31-11-19-53)46-50(72)66-40-16-36-62-28-8-4-24-58-32-12-20-54/h55-62H,1-46,51-54H2,(H,63,69)(H,64,70)(H,65,71)(H,66,72). The van der Waals surface area contributed by atoms with Gasteiger partial charge in [-0.2, -0.15) is 0 Å². The van der Waals surface area contributed by atoms with Crippen LogP contribution in [0.4, 0.5) is 0 Å². The summed E-state index contributed by atoms with van der Waals surface area (Å²) in [6, 6.07) is 0. The number of hydrogen-bond acceptors (Lipinski definition) is 18. The normalized spacial score (nSPS) is 11.5. The SMILES string of the molecule is NCCCNCCCCNCCCNC(=O)CN(CCN(CC(=O)NCCCNCCCCNCCCN)CC(=O)NCCCNCCCCNCCCN)CC(=O)NCCCNCCCCNCCCN. The van der Waals surface area contributed by atoms with Crippen LogP contribution in [0.5, 0.6) is 0 Å². The second-order valence-corrected chi connectivity index (χ2v) is 18.6. The fourth-order valence-corrected chi connectivity index (χ4v) is 7.42. The van der Waals surface area contributed by atoms with Gasteiger partial charge in [0.2, 0.25) is 23.6 Å². The summed E-state index contributed by atoms with van der Waals surface area (Å²) in [5.41, 5.74) is 22.2. The Morgan fingerprint density at radius 1 is 0.236 bits per heavy atom. The maximum absolute atomic E-state index is 13.3. The Labute approximate surface area is 437 Å². The van der Waals surface area contributed by atoms with Gasteiger partial charge in [-0.05, 0) is 234 Å². The lowest BCUT2D eigenvalue weighted by Crippen LogP contribution is -2.49. The van der Waals surface area contributed by atoms with E-state index in [1.165, 1.54) is 0 Å². The molecule has 0 rings (SSSR count). The van der Waals surface area contributed by atoms with E-state index in [0.717, 1.165) is 207 Å². The molecule has 20 N–H and O–H groups in total. The number of nitrogens with zero attached hydrogens (tertiary/aromatic N) is 2. The molecule has 0 aromatic carbocycles. The number of nitrogens with one attached hydrogen (secondary N) is 12. The van der Waals surface area contributed by atoms with Crippen LogP contribution in [0.25, 0.3) is 0 Å². The van der Waals surface area contributed by atoms with Crippen LogP contribution >= 0.6 is 0 Å². The summed E-state index contributed by atoms with van der Waals surface area (Å²) < 4.78 is 0. The van der Waals surface area contributed by atoms with E-state index in [-0.39, 0.29) is 49.8 Å². The second-order valence-electron chi connectivity index (χ2n) is 18.6. The van der Waals surface area contributed by atoms with E-state index >= 15 is 0 Å². The largest absolute Gasteiger partial charge is 0.355 e. The van der Waals surface area contributed by atoms with Crippen LogP contribution in [0.2, 0.25) is 0 Å². The van der Waals surface area contributed by atoms with Crippen LogP contribution < -0.4 is 86.7 Å². The van der Waals surface area contributed by atoms with E-state index in [0.29, 0.717) is 65.4 Å². The van der Waals surface area contributed by atoms with Gasteiger partial charge in [-0.25, -0.2) is 0 Å².